The van der Waals surface area contributed by atoms with Gasteiger partial charge in [0.1, 0.15) is 11.9 Å². The van der Waals surface area contributed by atoms with Crippen LogP contribution < -0.4 is 5.73 Å². The maximum atomic E-state index is 13.8. The van der Waals surface area contributed by atoms with E-state index >= 15 is 0 Å². The highest BCUT2D eigenvalue weighted by molar-refractivity contribution is 5.97. The van der Waals surface area contributed by atoms with Crippen LogP contribution in [0.5, 0.6) is 0 Å². The van der Waals surface area contributed by atoms with Crippen LogP contribution in [0.1, 0.15) is 52.6 Å². The van der Waals surface area contributed by atoms with Crippen molar-refractivity contribution in [3.05, 3.63) is 82.9 Å². The number of carbonyl (C=O) groups excluding carboxylic acids is 2. The summed E-state index contributed by atoms with van der Waals surface area (Å²) in [6, 6.07) is 14.2. The van der Waals surface area contributed by atoms with Crippen molar-refractivity contribution in [1.29, 1.82) is 0 Å². The first-order chi connectivity index (χ1) is 15.0. The number of para-hydroxylation sites is 1. The van der Waals surface area contributed by atoms with E-state index < -0.39 is 23.7 Å². The van der Waals surface area contributed by atoms with Crippen molar-refractivity contribution in [2.75, 3.05) is 7.05 Å². The Kier molecular flexibility index (Phi) is 5.84. The highest BCUT2D eigenvalue weighted by atomic mass is 19.1. The second kappa shape index (κ2) is 8.71. The van der Waals surface area contributed by atoms with Crippen LogP contribution in [0.25, 0.3) is 5.69 Å². The molecule has 2 amide bonds. The Morgan fingerprint density at radius 1 is 1.06 bits per heavy atom. The fraction of sp³-hybridized carbons (Fsp3) is 0.292. The van der Waals surface area contributed by atoms with Gasteiger partial charge in [0.05, 0.1) is 5.69 Å². The Morgan fingerprint density at radius 3 is 2.52 bits per heavy atom. The largest absolute Gasteiger partial charge is 0.368 e. The van der Waals surface area contributed by atoms with Crippen molar-refractivity contribution < 1.29 is 14.0 Å². The summed E-state index contributed by atoms with van der Waals surface area (Å²) < 4.78 is 15.6. The zero-order valence-electron chi connectivity index (χ0n) is 17.4. The third-order valence-corrected chi connectivity index (χ3v) is 5.78. The molecule has 0 radical (unpaired) electrons. The van der Waals surface area contributed by atoms with Crippen LogP contribution in [0, 0.1) is 5.82 Å². The summed E-state index contributed by atoms with van der Waals surface area (Å²) in [6.45, 7) is 0. The van der Waals surface area contributed by atoms with Gasteiger partial charge in [0.15, 0.2) is 5.69 Å². The van der Waals surface area contributed by atoms with Gasteiger partial charge >= 0.3 is 0 Å². The van der Waals surface area contributed by atoms with Crippen molar-refractivity contribution >= 4 is 11.8 Å². The number of primary amides is 1. The average Bonchev–Trinajstić information content (AvgIpc) is 2.94. The van der Waals surface area contributed by atoms with Gasteiger partial charge in [-0.25, -0.2) is 9.07 Å². The molecule has 0 aliphatic heterocycles. The predicted octanol–water partition coefficient (Wildman–Crippen LogP) is 3.58. The highest BCUT2D eigenvalue weighted by Crippen LogP contribution is 2.29. The number of likely N-dealkylation sites (N-methyl/N-ethyl adjacent to an activating group) is 1. The topological polar surface area (TPSA) is 81.2 Å². The van der Waals surface area contributed by atoms with Gasteiger partial charge in [0.2, 0.25) is 5.91 Å². The zero-order valence-corrected chi connectivity index (χ0v) is 17.4. The molecule has 1 heterocycles. The Labute approximate surface area is 180 Å². The predicted molar refractivity (Wildman–Crippen MR) is 115 cm³/mol. The first-order valence-electron chi connectivity index (χ1n) is 10.5. The maximum absolute atomic E-state index is 13.8. The SMILES string of the molecule is CN(C(=O)c1nn(-c2ccccc2)c2c1CCCCC2)C(C(N)=O)c1cccc(F)c1. The number of fused-ring (bicyclic) bond motifs is 1. The monoisotopic (exact) mass is 420 g/mol. The molecule has 0 saturated carbocycles. The van der Waals surface area contributed by atoms with Gasteiger partial charge in [-0.05, 0) is 55.5 Å². The third-order valence-electron chi connectivity index (χ3n) is 5.78. The summed E-state index contributed by atoms with van der Waals surface area (Å²) in [7, 11) is 1.51. The zero-order chi connectivity index (χ0) is 22.0. The van der Waals surface area contributed by atoms with Crippen molar-refractivity contribution in [3.63, 3.8) is 0 Å². The molecule has 1 aliphatic rings. The van der Waals surface area contributed by atoms with E-state index in [9.17, 15) is 14.0 Å². The molecule has 2 N–H and O–H groups in total. The number of aromatic nitrogens is 2. The average molecular weight is 420 g/mol. The molecule has 31 heavy (non-hydrogen) atoms. The minimum atomic E-state index is -1.09. The molecule has 0 spiro atoms. The van der Waals surface area contributed by atoms with Crippen LogP contribution in [0.3, 0.4) is 0 Å². The lowest BCUT2D eigenvalue weighted by atomic mass is 10.0. The van der Waals surface area contributed by atoms with Crippen molar-refractivity contribution in [2.24, 2.45) is 5.73 Å². The van der Waals surface area contributed by atoms with Crippen LogP contribution in [0.4, 0.5) is 4.39 Å². The standard InChI is InChI=1S/C24H25FN4O2/c1-28(22(23(26)30)16-9-8-10-17(25)15-16)24(31)21-19-13-6-3-7-14-20(19)29(27-21)18-11-4-2-5-12-18/h2,4-5,8-12,15,22H,3,6-7,13-14H2,1H3,(H2,26,30). The lowest BCUT2D eigenvalue weighted by Crippen LogP contribution is -2.39. The Bertz CT molecular complexity index is 1110. The summed E-state index contributed by atoms with van der Waals surface area (Å²) >= 11 is 0. The fourth-order valence-electron chi connectivity index (χ4n) is 4.27. The molecule has 0 bridgehead atoms. The van der Waals surface area contributed by atoms with Gasteiger partial charge in [-0.2, -0.15) is 5.10 Å². The third kappa shape index (κ3) is 4.08. The van der Waals surface area contributed by atoms with Crippen LogP contribution in [-0.2, 0) is 17.6 Å². The molecule has 0 fully saturated rings. The maximum Gasteiger partial charge on any atom is 0.275 e. The number of rotatable bonds is 5. The lowest BCUT2D eigenvalue weighted by Gasteiger charge is -2.25. The minimum absolute atomic E-state index is 0.325. The molecular formula is C24H25FN4O2. The second-order valence-corrected chi connectivity index (χ2v) is 7.86. The summed E-state index contributed by atoms with van der Waals surface area (Å²) in [5.41, 5.74) is 9.10. The quantitative estimate of drug-likeness (QED) is 0.641. The highest BCUT2D eigenvalue weighted by Gasteiger charge is 2.32. The molecule has 6 nitrogen and oxygen atoms in total. The van der Waals surface area contributed by atoms with E-state index in [1.807, 2.05) is 35.0 Å². The van der Waals surface area contributed by atoms with Crippen LogP contribution >= 0.6 is 0 Å². The van der Waals surface area contributed by atoms with E-state index in [0.29, 0.717) is 11.3 Å². The fourth-order valence-corrected chi connectivity index (χ4v) is 4.27. The van der Waals surface area contributed by atoms with Crippen LogP contribution in [-0.4, -0.2) is 33.5 Å². The number of amides is 2. The Morgan fingerprint density at radius 2 is 1.81 bits per heavy atom. The Balaban J connectivity index is 1.77. The number of hydrogen-bond acceptors (Lipinski definition) is 3. The first-order valence-corrected chi connectivity index (χ1v) is 10.5. The summed E-state index contributed by atoms with van der Waals surface area (Å²) in [5, 5.41) is 4.68. The molecule has 1 unspecified atom stereocenters. The summed E-state index contributed by atoms with van der Waals surface area (Å²) in [6.07, 6.45) is 4.67. The second-order valence-electron chi connectivity index (χ2n) is 7.86. The molecule has 3 aromatic rings. The number of carbonyl (C=O) groups is 2. The number of nitrogens with zero attached hydrogens (tertiary/aromatic N) is 3. The molecule has 4 rings (SSSR count). The van der Waals surface area contributed by atoms with Crippen LogP contribution in [0.2, 0.25) is 0 Å². The van der Waals surface area contributed by atoms with E-state index in [0.717, 1.165) is 49.0 Å². The first kappa shape index (κ1) is 20.8. The van der Waals surface area contributed by atoms with Gasteiger partial charge in [0.25, 0.3) is 5.91 Å². The molecule has 2 aromatic carbocycles. The lowest BCUT2D eigenvalue weighted by molar-refractivity contribution is -0.122. The molecule has 160 valence electrons. The van der Waals surface area contributed by atoms with Crippen molar-refractivity contribution in [2.45, 2.75) is 38.1 Å². The van der Waals surface area contributed by atoms with E-state index in [4.69, 9.17) is 5.73 Å². The number of halogens is 1. The van der Waals surface area contributed by atoms with Crippen molar-refractivity contribution in [1.82, 2.24) is 14.7 Å². The van der Waals surface area contributed by atoms with Crippen LogP contribution in [0.15, 0.2) is 54.6 Å². The Hall–Kier alpha value is -3.48. The van der Waals surface area contributed by atoms with Crippen molar-refractivity contribution in [3.8, 4) is 5.69 Å². The van der Waals surface area contributed by atoms with E-state index in [1.54, 1.807) is 6.07 Å². The number of benzene rings is 2. The van der Waals surface area contributed by atoms with Gasteiger partial charge in [-0.1, -0.05) is 36.8 Å². The number of hydrogen-bond donors (Lipinski definition) is 1. The molecule has 0 saturated heterocycles. The molecule has 7 heteroatoms. The number of nitrogens with two attached hydrogens (primary N) is 1. The van der Waals surface area contributed by atoms with E-state index in [1.165, 1.54) is 30.1 Å². The van der Waals surface area contributed by atoms with E-state index in [-0.39, 0.29) is 0 Å². The molecular weight excluding hydrogens is 395 g/mol. The van der Waals surface area contributed by atoms with E-state index in [2.05, 4.69) is 5.10 Å². The minimum Gasteiger partial charge on any atom is -0.368 e. The summed E-state index contributed by atoms with van der Waals surface area (Å²) in [4.78, 5) is 27.0. The normalized spacial score (nSPS) is 14.4. The molecule has 1 atom stereocenters. The molecule has 1 aromatic heterocycles. The van der Waals surface area contributed by atoms with Gasteiger partial charge in [0, 0.05) is 18.3 Å². The smallest absolute Gasteiger partial charge is 0.275 e. The molecule has 1 aliphatic carbocycles. The van der Waals surface area contributed by atoms with Gasteiger partial charge < -0.3 is 10.6 Å². The van der Waals surface area contributed by atoms with Gasteiger partial charge in [-0.3, -0.25) is 9.59 Å². The van der Waals surface area contributed by atoms with Gasteiger partial charge in [-0.15, -0.1) is 0 Å². The summed E-state index contributed by atoms with van der Waals surface area (Å²) in [5.74, 6) is -1.62.